The van der Waals surface area contributed by atoms with Crippen LogP contribution < -0.4 is 20.1 Å². The van der Waals surface area contributed by atoms with Crippen LogP contribution in [0.1, 0.15) is 13.3 Å². The molecule has 0 aliphatic rings. The zero-order valence-electron chi connectivity index (χ0n) is 18.0. The summed E-state index contributed by atoms with van der Waals surface area (Å²) in [6.45, 7) is 1.05. The maximum absolute atomic E-state index is 12.3. The molecule has 3 amide bonds. The highest BCUT2D eigenvalue weighted by molar-refractivity contribution is 7.89. The molecule has 0 aromatic heterocycles. The molecule has 0 saturated heterocycles. The number of hydrogen-bond acceptors (Lipinski definition) is 6. The first-order valence-corrected chi connectivity index (χ1v) is 11.1. The Kier molecular flexibility index (Phi) is 8.73. The van der Waals surface area contributed by atoms with Crippen molar-refractivity contribution in [1.82, 2.24) is 9.62 Å². The molecule has 0 aliphatic heterocycles. The van der Waals surface area contributed by atoms with Gasteiger partial charge in [-0.05, 0) is 48.5 Å². The Balaban J connectivity index is 1.80. The second-order valence-electron chi connectivity index (χ2n) is 6.88. The first-order valence-electron chi connectivity index (χ1n) is 9.66. The van der Waals surface area contributed by atoms with Gasteiger partial charge in [0.05, 0.1) is 18.6 Å². The number of methoxy groups -OCH3 is 1. The molecule has 2 aromatic rings. The predicted octanol–water partition coefficient (Wildman–Crippen LogP) is 1.42. The molecule has 11 heteroatoms. The van der Waals surface area contributed by atoms with Crippen LogP contribution in [0.2, 0.25) is 0 Å². The van der Waals surface area contributed by atoms with Crippen LogP contribution >= 0.6 is 0 Å². The summed E-state index contributed by atoms with van der Waals surface area (Å²) in [6, 6.07) is 12.4. The third-order valence-electron chi connectivity index (χ3n) is 4.30. The fourth-order valence-corrected chi connectivity index (χ4v) is 3.70. The zero-order chi connectivity index (χ0) is 23.7. The zero-order valence-corrected chi connectivity index (χ0v) is 18.9. The van der Waals surface area contributed by atoms with Crippen molar-refractivity contribution in [3.05, 3.63) is 48.5 Å². The Hall–Kier alpha value is -3.44. The quantitative estimate of drug-likeness (QED) is 0.489. The van der Waals surface area contributed by atoms with Gasteiger partial charge in [0.15, 0.2) is 0 Å². The Morgan fingerprint density at radius 2 is 1.50 bits per heavy atom. The van der Waals surface area contributed by atoms with Crippen LogP contribution in [0.4, 0.5) is 11.4 Å². The van der Waals surface area contributed by atoms with Gasteiger partial charge >= 0.3 is 0 Å². The van der Waals surface area contributed by atoms with E-state index in [-0.39, 0.29) is 36.2 Å². The van der Waals surface area contributed by atoms with Crippen molar-refractivity contribution in [2.24, 2.45) is 0 Å². The fourth-order valence-electron chi connectivity index (χ4n) is 2.67. The topological polar surface area (TPSA) is 134 Å². The van der Waals surface area contributed by atoms with E-state index in [1.165, 1.54) is 50.2 Å². The molecule has 0 radical (unpaired) electrons. The first-order chi connectivity index (χ1) is 15.1. The average molecular weight is 463 g/mol. The molecule has 0 fully saturated rings. The number of carbonyl (C=O) groups excluding carboxylic acids is 3. The highest BCUT2D eigenvalue weighted by Crippen LogP contribution is 2.15. The summed E-state index contributed by atoms with van der Waals surface area (Å²) in [4.78, 5) is 36.6. The third kappa shape index (κ3) is 7.67. The molecule has 2 aromatic carbocycles. The number of anilines is 2. The number of nitrogens with one attached hydrogen (secondary N) is 3. The van der Waals surface area contributed by atoms with Gasteiger partial charge in [0, 0.05) is 38.3 Å². The number of ether oxygens (including phenoxy) is 1. The minimum atomic E-state index is -3.82. The molecule has 0 aliphatic carbocycles. The molecule has 2 rings (SSSR count). The Morgan fingerprint density at radius 3 is 2.06 bits per heavy atom. The molecule has 32 heavy (non-hydrogen) atoms. The van der Waals surface area contributed by atoms with E-state index in [0.717, 1.165) is 0 Å². The number of likely N-dealkylation sites (N-methyl/N-ethyl adjacent to an activating group) is 1. The van der Waals surface area contributed by atoms with Crippen molar-refractivity contribution in [2.45, 2.75) is 18.2 Å². The Labute approximate surface area is 187 Å². The highest BCUT2D eigenvalue weighted by Gasteiger charge is 2.17. The van der Waals surface area contributed by atoms with Crippen LogP contribution in [-0.2, 0) is 24.4 Å². The standard InChI is InChI=1S/C21H26N4O6S/c1-15(26)23-16-6-10-19(11-7-16)32(29,30)22-13-12-21(28)25(2)14-20(27)24-17-4-8-18(31-3)9-5-17/h4-11,22H,12-14H2,1-3H3,(H,23,26)(H,24,27). The summed E-state index contributed by atoms with van der Waals surface area (Å²) >= 11 is 0. The minimum absolute atomic E-state index is 0.00581. The number of benzene rings is 2. The molecular weight excluding hydrogens is 436 g/mol. The summed E-state index contributed by atoms with van der Waals surface area (Å²) in [5, 5.41) is 5.22. The molecule has 0 atom stereocenters. The van der Waals surface area contributed by atoms with Crippen LogP contribution in [0.15, 0.2) is 53.4 Å². The number of amides is 3. The van der Waals surface area contributed by atoms with Crippen LogP contribution in [0.5, 0.6) is 5.75 Å². The summed E-state index contributed by atoms with van der Waals surface area (Å²) in [5.41, 5.74) is 1.04. The lowest BCUT2D eigenvalue weighted by atomic mass is 10.3. The molecule has 0 heterocycles. The van der Waals surface area contributed by atoms with Crippen molar-refractivity contribution in [3.8, 4) is 5.75 Å². The van der Waals surface area contributed by atoms with Gasteiger partial charge in [-0.2, -0.15) is 0 Å². The molecule has 10 nitrogen and oxygen atoms in total. The van der Waals surface area contributed by atoms with E-state index in [2.05, 4.69) is 15.4 Å². The summed E-state index contributed by atoms with van der Waals surface area (Å²) in [7, 11) is -0.816. The van der Waals surface area contributed by atoms with Crippen molar-refractivity contribution in [2.75, 3.05) is 37.9 Å². The smallest absolute Gasteiger partial charge is 0.243 e. The summed E-state index contributed by atoms with van der Waals surface area (Å²) in [5.74, 6) is -0.384. The third-order valence-corrected chi connectivity index (χ3v) is 5.77. The largest absolute Gasteiger partial charge is 0.497 e. The second kappa shape index (κ2) is 11.3. The fraction of sp³-hybridized carbons (Fsp3) is 0.286. The Bertz CT molecular complexity index is 1050. The van der Waals surface area contributed by atoms with Crippen molar-refractivity contribution >= 4 is 39.1 Å². The maximum atomic E-state index is 12.3. The van der Waals surface area contributed by atoms with E-state index >= 15 is 0 Å². The minimum Gasteiger partial charge on any atom is -0.497 e. The molecular formula is C21H26N4O6S. The Morgan fingerprint density at radius 1 is 0.938 bits per heavy atom. The van der Waals surface area contributed by atoms with E-state index in [1.54, 1.807) is 24.3 Å². The van der Waals surface area contributed by atoms with Gasteiger partial charge in [0.25, 0.3) is 0 Å². The normalized spacial score (nSPS) is 10.8. The van der Waals surface area contributed by atoms with Gasteiger partial charge in [-0.25, -0.2) is 13.1 Å². The molecule has 0 bridgehead atoms. The highest BCUT2D eigenvalue weighted by atomic mass is 32.2. The summed E-state index contributed by atoms with van der Waals surface area (Å²) in [6.07, 6.45) is -0.116. The van der Waals surface area contributed by atoms with E-state index < -0.39 is 15.9 Å². The lowest BCUT2D eigenvalue weighted by Crippen LogP contribution is -2.37. The summed E-state index contributed by atoms with van der Waals surface area (Å²) < 4.78 is 32.1. The molecule has 0 spiro atoms. The SMILES string of the molecule is COc1ccc(NC(=O)CN(C)C(=O)CCNS(=O)(=O)c2ccc(NC(C)=O)cc2)cc1. The van der Waals surface area contributed by atoms with Crippen LogP contribution in [0.25, 0.3) is 0 Å². The molecule has 3 N–H and O–H groups in total. The van der Waals surface area contributed by atoms with Gasteiger partial charge < -0.3 is 20.3 Å². The van der Waals surface area contributed by atoms with Crippen molar-refractivity contribution in [3.63, 3.8) is 0 Å². The van der Waals surface area contributed by atoms with Crippen LogP contribution in [-0.4, -0.2) is 58.3 Å². The molecule has 172 valence electrons. The van der Waals surface area contributed by atoms with Gasteiger partial charge in [-0.1, -0.05) is 0 Å². The van der Waals surface area contributed by atoms with Crippen molar-refractivity contribution < 1.29 is 27.5 Å². The van der Waals surface area contributed by atoms with Gasteiger partial charge in [-0.15, -0.1) is 0 Å². The average Bonchev–Trinajstić information content (AvgIpc) is 2.74. The molecule has 0 saturated carbocycles. The number of rotatable bonds is 10. The van der Waals surface area contributed by atoms with E-state index in [9.17, 15) is 22.8 Å². The number of carbonyl (C=O) groups is 3. The second-order valence-corrected chi connectivity index (χ2v) is 8.65. The number of nitrogens with zero attached hydrogens (tertiary/aromatic N) is 1. The lowest BCUT2D eigenvalue weighted by molar-refractivity contribution is -0.133. The number of hydrogen-bond donors (Lipinski definition) is 3. The van der Waals surface area contributed by atoms with E-state index in [0.29, 0.717) is 17.1 Å². The van der Waals surface area contributed by atoms with E-state index in [1.807, 2.05) is 0 Å². The van der Waals surface area contributed by atoms with E-state index in [4.69, 9.17) is 4.74 Å². The van der Waals surface area contributed by atoms with Crippen molar-refractivity contribution in [1.29, 1.82) is 0 Å². The van der Waals surface area contributed by atoms with Gasteiger partial charge in [0.2, 0.25) is 27.7 Å². The van der Waals surface area contributed by atoms with Crippen LogP contribution in [0, 0.1) is 0 Å². The molecule has 0 unspecified atom stereocenters. The number of sulfonamides is 1. The first kappa shape index (κ1) is 24.8. The van der Waals surface area contributed by atoms with Crippen LogP contribution in [0.3, 0.4) is 0 Å². The predicted molar refractivity (Wildman–Crippen MR) is 120 cm³/mol. The monoisotopic (exact) mass is 462 g/mol. The van der Waals surface area contributed by atoms with Gasteiger partial charge in [-0.3, -0.25) is 14.4 Å². The maximum Gasteiger partial charge on any atom is 0.243 e. The lowest BCUT2D eigenvalue weighted by Gasteiger charge is -2.17. The van der Waals surface area contributed by atoms with Gasteiger partial charge in [0.1, 0.15) is 5.75 Å².